The largest absolute Gasteiger partial charge is 0.478 e. The molecule has 4 heteroatoms. The Balaban J connectivity index is 2.46. The summed E-state index contributed by atoms with van der Waals surface area (Å²) in [5, 5.41) is 8.82. The summed E-state index contributed by atoms with van der Waals surface area (Å²) >= 11 is 0. The molecule has 0 saturated carbocycles. The van der Waals surface area contributed by atoms with E-state index in [9.17, 15) is 4.79 Å². The van der Waals surface area contributed by atoms with Gasteiger partial charge in [-0.15, -0.1) is 0 Å². The van der Waals surface area contributed by atoms with Gasteiger partial charge >= 0.3 is 5.97 Å². The van der Waals surface area contributed by atoms with Gasteiger partial charge in [-0.2, -0.15) is 0 Å². The lowest BCUT2D eigenvalue weighted by molar-refractivity contribution is -0.162. The van der Waals surface area contributed by atoms with Crippen molar-refractivity contribution in [3.63, 3.8) is 0 Å². The Labute approximate surface area is 78.5 Å². The molecule has 0 aromatic rings. The lowest BCUT2D eigenvalue weighted by Crippen LogP contribution is -2.46. The Bertz CT molecular complexity index is 176. The summed E-state index contributed by atoms with van der Waals surface area (Å²) in [5.74, 6) is -0.181. The molecule has 0 aliphatic carbocycles. The van der Waals surface area contributed by atoms with E-state index < -0.39 is 12.2 Å². The fourth-order valence-corrected chi connectivity index (χ4v) is 1.67. The van der Waals surface area contributed by atoms with Crippen LogP contribution in [0.3, 0.4) is 0 Å². The van der Waals surface area contributed by atoms with Gasteiger partial charge in [0.1, 0.15) is 0 Å². The number of ether oxygens (including phenoxy) is 1. The Morgan fingerprint density at radius 1 is 1.54 bits per heavy atom. The van der Waals surface area contributed by atoms with Crippen molar-refractivity contribution >= 4 is 5.97 Å². The monoisotopic (exact) mass is 187 g/mol. The summed E-state index contributed by atoms with van der Waals surface area (Å²) in [5.41, 5.74) is 0. The highest BCUT2D eigenvalue weighted by molar-refractivity contribution is 5.71. The Kier molecular flexibility index (Phi) is 3.69. The van der Waals surface area contributed by atoms with Gasteiger partial charge in [0, 0.05) is 20.2 Å². The summed E-state index contributed by atoms with van der Waals surface area (Å²) in [6, 6.07) is 0. The molecular weight excluding hydrogens is 170 g/mol. The van der Waals surface area contributed by atoms with Crippen molar-refractivity contribution in [2.45, 2.75) is 26.0 Å². The van der Waals surface area contributed by atoms with Crippen molar-refractivity contribution in [2.24, 2.45) is 5.92 Å². The van der Waals surface area contributed by atoms with Gasteiger partial charge in [0.2, 0.25) is 6.23 Å². The summed E-state index contributed by atoms with van der Waals surface area (Å²) in [4.78, 5) is 12.6. The lowest BCUT2D eigenvalue weighted by atomic mass is 9.99. The van der Waals surface area contributed by atoms with Gasteiger partial charge in [0.25, 0.3) is 0 Å². The van der Waals surface area contributed by atoms with Crippen molar-refractivity contribution in [1.29, 1.82) is 0 Å². The van der Waals surface area contributed by atoms with E-state index in [1.165, 1.54) is 7.11 Å². The first-order chi connectivity index (χ1) is 6.15. The lowest BCUT2D eigenvalue weighted by Gasteiger charge is -2.33. The molecule has 1 fully saturated rings. The van der Waals surface area contributed by atoms with Crippen LogP contribution in [-0.4, -0.2) is 42.4 Å². The van der Waals surface area contributed by atoms with Crippen LogP contribution in [0.5, 0.6) is 0 Å². The number of piperidine rings is 1. The highest BCUT2D eigenvalue weighted by Crippen LogP contribution is 2.18. The number of hydrogen-bond acceptors (Lipinski definition) is 3. The van der Waals surface area contributed by atoms with E-state index in [0.717, 1.165) is 25.9 Å². The SMILES string of the molecule is COC(C(=O)O)N1CCC(C)CC1. The van der Waals surface area contributed by atoms with Crippen LogP contribution >= 0.6 is 0 Å². The van der Waals surface area contributed by atoms with E-state index >= 15 is 0 Å². The predicted octanol–water partition coefficient (Wildman–Crippen LogP) is 0.775. The molecule has 1 unspecified atom stereocenters. The molecule has 0 aromatic heterocycles. The highest BCUT2D eigenvalue weighted by atomic mass is 16.5. The second-order valence-electron chi connectivity index (χ2n) is 3.64. The summed E-state index contributed by atoms with van der Waals surface area (Å²) in [6.45, 7) is 3.85. The molecule has 0 amide bonds. The minimum absolute atomic E-state index is 0.711. The Hall–Kier alpha value is -0.610. The number of likely N-dealkylation sites (tertiary alicyclic amines) is 1. The zero-order valence-electron chi connectivity index (χ0n) is 8.19. The molecule has 1 N–H and O–H groups in total. The third-order valence-corrected chi connectivity index (χ3v) is 2.58. The number of carboxylic acid groups (broad SMARTS) is 1. The molecule has 1 aliphatic rings. The molecule has 1 rings (SSSR count). The van der Waals surface area contributed by atoms with Gasteiger partial charge < -0.3 is 9.84 Å². The number of hydrogen-bond donors (Lipinski definition) is 1. The second kappa shape index (κ2) is 4.58. The fourth-order valence-electron chi connectivity index (χ4n) is 1.67. The number of aliphatic carboxylic acids is 1. The van der Waals surface area contributed by atoms with Crippen LogP contribution in [0.15, 0.2) is 0 Å². The van der Waals surface area contributed by atoms with Gasteiger partial charge in [-0.1, -0.05) is 6.92 Å². The van der Waals surface area contributed by atoms with E-state index in [-0.39, 0.29) is 0 Å². The number of nitrogens with zero attached hydrogens (tertiary/aromatic N) is 1. The Morgan fingerprint density at radius 3 is 2.46 bits per heavy atom. The molecule has 1 aliphatic heterocycles. The summed E-state index contributed by atoms with van der Waals surface area (Å²) in [6.07, 6.45) is 1.37. The van der Waals surface area contributed by atoms with Gasteiger partial charge in [-0.3, -0.25) is 4.90 Å². The molecule has 4 nitrogen and oxygen atoms in total. The van der Waals surface area contributed by atoms with Crippen LogP contribution in [0.4, 0.5) is 0 Å². The van der Waals surface area contributed by atoms with Gasteiger partial charge in [0.05, 0.1) is 0 Å². The maximum Gasteiger partial charge on any atom is 0.348 e. The van der Waals surface area contributed by atoms with Crippen LogP contribution in [0, 0.1) is 5.92 Å². The summed E-state index contributed by atoms with van der Waals surface area (Å²) in [7, 11) is 1.44. The molecule has 13 heavy (non-hydrogen) atoms. The summed E-state index contributed by atoms with van der Waals surface area (Å²) < 4.78 is 4.91. The van der Waals surface area contributed by atoms with E-state index in [2.05, 4.69) is 6.92 Å². The quantitative estimate of drug-likeness (QED) is 0.709. The number of methoxy groups -OCH3 is 1. The zero-order chi connectivity index (χ0) is 9.84. The standard InChI is InChI=1S/C9H17NO3/c1-7-3-5-10(6-4-7)8(13-2)9(11)12/h7-8H,3-6H2,1-2H3,(H,11,12). The van der Waals surface area contributed by atoms with Gasteiger partial charge in [0.15, 0.2) is 0 Å². The highest BCUT2D eigenvalue weighted by Gasteiger charge is 2.27. The normalized spacial score (nSPS) is 22.9. The number of carbonyl (C=O) groups is 1. The Morgan fingerprint density at radius 2 is 2.08 bits per heavy atom. The molecule has 76 valence electrons. The smallest absolute Gasteiger partial charge is 0.348 e. The van der Waals surface area contributed by atoms with Crippen molar-refractivity contribution in [2.75, 3.05) is 20.2 Å². The maximum absolute atomic E-state index is 10.7. The first-order valence-electron chi connectivity index (χ1n) is 4.64. The van der Waals surface area contributed by atoms with E-state index in [1.54, 1.807) is 0 Å². The van der Waals surface area contributed by atoms with E-state index in [0.29, 0.717) is 5.92 Å². The first-order valence-corrected chi connectivity index (χ1v) is 4.64. The third-order valence-electron chi connectivity index (χ3n) is 2.58. The third kappa shape index (κ3) is 2.67. The van der Waals surface area contributed by atoms with Crippen LogP contribution < -0.4 is 0 Å². The maximum atomic E-state index is 10.7. The number of rotatable bonds is 3. The van der Waals surface area contributed by atoms with Crippen LogP contribution in [0.1, 0.15) is 19.8 Å². The van der Waals surface area contributed by atoms with Crippen molar-refractivity contribution in [3.05, 3.63) is 0 Å². The van der Waals surface area contributed by atoms with Crippen LogP contribution in [0.25, 0.3) is 0 Å². The predicted molar refractivity (Wildman–Crippen MR) is 48.4 cm³/mol. The van der Waals surface area contributed by atoms with Crippen molar-refractivity contribution < 1.29 is 14.6 Å². The molecular formula is C9H17NO3. The zero-order valence-corrected chi connectivity index (χ0v) is 8.19. The molecule has 0 bridgehead atoms. The van der Waals surface area contributed by atoms with Crippen LogP contribution in [-0.2, 0) is 9.53 Å². The van der Waals surface area contributed by atoms with Crippen LogP contribution in [0.2, 0.25) is 0 Å². The minimum Gasteiger partial charge on any atom is -0.478 e. The second-order valence-corrected chi connectivity index (χ2v) is 3.64. The first kappa shape index (κ1) is 10.5. The molecule has 0 spiro atoms. The molecule has 0 radical (unpaired) electrons. The fraction of sp³-hybridized carbons (Fsp3) is 0.889. The van der Waals surface area contributed by atoms with Crippen molar-refractivity contribution in [3.8, 4) is 0 Å². The average molecular weight is 187 g/mol. The van der Waals surface area contributed by atoms with Gasteiger partial charge in [-0.25, -0.2) is 4.79 Å². The molecule has 1 atom stereocenters. The minimum atomic E-state index is -0.892. The molecule has 1 heterocycles. The van der Waals surface area contributed by atoms with E-state index in [1.807, 2.05) is 4.90 Å². The average Bonchev–Trinajstić information content (AvgIpc) is 2.09. The topological polar surface area (TPSA) is 49.8 Å². The molecule has 1 saturated heterocycles. The number of carboxylic acids is 1. The van der Waals surface area contributed by atoms with E-state index in [4.69, 9.17) is 9.84 Å². The molecule has 0 aromatic carbocycles. The van der Waals surface area contributed by atoms with Crippen molar-refractivity contribution in [1.82, 2.24) is 4.90 Å². The van der Waals surface area contributed by atoms with Gasteiger partial charge in [-0.05, 0) is 18.8 Å².